The van der Waals surface area contributed by atoms with Crippen LogP contribution in [0.25, 0.3) is 0 Å². The minimum atomic E-state index is -4.62. The van der Waals surface area contributed by atoms with Gasteiger partial charge in [-0.3, -0.25) is 9.59 Å². The fourth-order valence-electron chi connectivity index (χ4n) is 3.14. The molecule has 1 aromatic carbocycles. The first-order valence-electron chi connectivity index (χ1n) is 9.31. The monoisotopic (exact) mass is 450 g/mol. The number of pyridine rings is 1. The number of ether oxygens (including phenoxy) is 2. The molecular weight excluding hydrogens is 433 g/mol. The molecule has 0 aliphatic carbocycles. The summed E-state index contributed by atoms with van der Waals surface area (Å²) in [4.78, 5) is 27.5. The predicted octanol–water partition coefficient (Wildman–Crippen LogP) is 3.93. The summed E-state index contributed by atoms with van der Waals surface area (Å²) in [5, 5.41) is 1.86. The van der Waals surface area contributed by atoms with E-state index in [9.17, 15) is 22.8 Å². The molecule has 2 aromatic heterocycles. The summed E-state index contributed by atoms with van der Waals surface area (Å²) in [5.74, 6) is 0.489. The number of hydrogen-bond donors (Lipinski definition) is 0. The van der Waals surface area contributed by atoms with Crippen LogP contribution < -0.4 is 19.9 Å². The molecule has 0 unspecified atom stereocenters. The molecule has 4 rings (SSSR count). The minimum absolute atomic E-state index is 0.198. The summed E-state index contributed by atoms with van der Waals surface area (Å²) in [6, 6.07) is 10.2. The quantitative estimate of drug-likeness (QED) is 0.591. The molecule has 0 radical (unpaired) electrons. The Balaban J connectivity index is 1.66. The maximum absolute atomic E-state index is 13.1. The molecule has 0 spiro atoms. The summed E-state index contributed by atoms with van der Waals surface area (Å²) >= 11 is 1.44. The van der Waals surface area contributed by atoms with Gasteiger partial charge < -0.3 is 18.9 Å². The number of alkyl halides is 3. The number of carbonyl (C=O) groups is 1. The van der Waals surface area contributed by atoms with Crippen LogP contribution in [0.1, 0.15) is 10.4 Å². The van der Waals surface area contributed by atoms with Gasteiger partial charge in [0.05, 0.1) is 12.1 Å². The van der Waals surface area contributed by atoms with Gasteiger partial charge in [0.1, 0.15) is 19.8 Å². The van der Waals surface area contributed by atoms with E-state index in [0.717, 1.165) is 15.5 Å². The van der Waals surface area contributed by atoms with Gasteiger partial charge in [0.25, 0.3) is 5.56 Å². The lowest BCUT2D eigenvalue weighted by atomic mass is 10.2. The Morgan fingerprint density at radius 2 is 1.87 bits per heavy atom. The van der Waals surface area contributed by atoms with E-state index in [2.05, 4.69) is 0 Å². The largest absolute Gasteiger partial charge is 0.486 e. The highest BCUT2D eigenvalue weighted by Crippen LogP contribution is 2.35. The van der Waals surface area contributed by atoms with Gasteiger partial charge in [-0.15, -0.1) is 11.3 Å². The molecule has 0 atom stereocenters. The van der Waals surface area contributed by atoms with Crippen molar-refractivity contribution < 1.29 is 27.4 Å². The van der Waals surface area contributed by atoms with Crippen LogP contribution in [0.3, 0.4) is 0 Å². The topological polar surface area (TPSA) is 60.8 Å². The molecule has 0 bridgehead atoms. The number of carbonyl (C=O) groups excluding carboxylic acids is 1. The highest BCUT2D eigenvalue weighted by molar-refractivity contribution is 7.09. The molecule has 31 heavy (non-hydrogen) atoms. The smallest absolute Gasteiger partial charge is 0.417 e. The van der Waals surface area contributed by atoms with Crippen molar-refractivity contribution in [2.75, 3.05) is 18.1 Å². The number of anilines is 1. The zero-order chi connectivity index (χ0) is 22.0. The maximum Gasteiger partial charge on any atom is 0.417 e. The van der Waals surface area contributed by atoms with Crippen molar-refractivity contribution >= 4 is 22.9 Å². The number of nitrogens with zero attached hydrogens (tertiary/aromatic N) is 2. The van der Waals surface area contributed by atoms with Gasteiger partial charge in [-0.1, -0.05) is 6.07 Å². The Bertz CT molecular complexity index is 1140. The lowest BCUT2D eigenvalue weighted by molar-refractivity contribution is -0.138. The van der Waals surface area contributed by atoms with Crippen LogP contribution in [-0.4, -0.2) is 23.7 Å². The Morgan fingerprint density at radius 1 is 1.10 bits per heavy atom. The Hall–Kier alpha value is -3.27. The lowest BCUT2D eigenvalue weighted by Gasteiger charge is -2.25. The van der Waals surface area contributed by atoms with Crippen molar-refractivity contribution in [3.8, 4) is 11.5 Å². The standard InChI is InChI=1S/C21H17F3N2O4S/c22-21(23,24)14-3-6-19(27)25(11-14)13-20(28)26(12-16-2-1-9-31-16)15-4-5-17-18(10-15)30-8-7-29-17/h1-6,9-11H,7-8,12-13H2. The number of amides is 1. The number of aromatic nitrogens is 1. The third-order valence-corrected chi connectivity index (χ3v) is 5.51. The molecule has 3 heterocycles. The van der Waals surface area contributed by atoms with E-state index < -0.39 is 29.8 Å². The first-order valence-corrected chi connectivity index (χ1v) is 10.2. The number of fused-ring (bicyclic) bond motifs is 1. The van der Waals surface area contributed by atoms with Crippen LogP contribution >= 0.6 is 11.3 Å². The number of halogens is 3. The van der Waals surface area contributed by atoms with Gasteiger partial charge in [-0.2, -0.15) is 13.2 Å². The number of thiophene rings is 1. The molecule has 1 amide bonds. The fraction of sp³-hybridized carbons (Fsp3) is 0.238. The van der Waals surface area contributed by atoms with Crippen LogP contribution in [0.5, 0.6) is 11.5 Å². The van der Waals surface area contributed by atoms with Gasteiger partial charge in [-0.25, -0.2) is 0 Å². The van der Waals surface area contributed by atoms with Crippen LogP contribution in [0, 0.1) is 0 Å². The number of benzene rings is 1. The van der Waals surface area contributed by atoms with Crippen molar-refractivity contribution in [3.63, 3.8) is 0 Å². The molecule has 1 aliphatic rings. The Labute approximate surface area is 179 Å². The first kappa shape index (κ1) is 21.0. The van der Waals surface area contributed by atoms with E-state index in [4.69, 9.17) is 9.47 Å². The maximum atomic E-state index is 13.1. The summed E-state index contributed by atoms with van der Waals surface area (Å²) < 4.78 is 51.0. The number of rotatable bonds is 5. The Kier molecular flexibility index (Phi) is 5.73. The molecule has 3 aromatic rings. The zero-order valence-electron chi connectivity index (χ0n) is 16.1. The Morgan fingerprint density at radius 3 is 2.58 bits per heavy atom. The zero-order valence-corrected chi connectivity index (χ0v) is 16.9. The van der Waals surface area contributed by atoms with E-state index in [1.165, 1.54) is 16.2 Å². The van der Waals surface area contributed by atoms with Gasteiger partial charge in [0.15, 0.2) is 11.5 Å². The highest BCUT2D eigenvalue weighted by Gasteiger charge is 2.31. The van der Waals surface area contributed by atoms with Gasteiger partial charge in [0, 0.05) is 28.9 Å². The molecule has 0 fully saturated rings. The third-order valence-electron chi connectivity index (χ3n) is 4.65. The average Bonchev–Trinajstić information content (AvgIpc) is 3.25. The van der Waals surface area contributed by atoms with Gasteiger partial charge in [-0.05, 0) is 29.6 Å². The highest BCUT2D eigenvalue weighted by atomic mass is 32.1. The van der Waals surface area contributed by atoms with Crippen molar-refractivity contribution in [2.24, 2.45) is 0 Å². The van der Waals surface area contributed by atoms with Crippen molar-refractivity contribution in [2.45, 2.75) is 19.3 Å². The molecule has 162 valence electrons. The second-order valence-electron chi connectivity index (χ2n) is 6.77. The molecule has 0 saturated carbocycles. The summed E-state index contributed by atoms with van der Waals surface area (Å²) in [7, 11) is 0. The number of hydrogen-bond acceptors (Lipinski definition) is 5. The van der Waals surface area contributed by atoms with E-state index in [1.54, 1.807) is 18.2 Å². The summed E-state index contributed by atoms with van der Waals surface area (Å²) in [6.07, 6.45) is -3.96. The first-order chi connectivity index (χ1) is 14.8. The van der Waals surface area contributed by atoms with E-state index in [-0.39, 0.29) is 6.54 Å². The predicted molar refractivity (Wildman–Crippen MR) is 109 cm³/mol. The fourth-order valence-corrected chi connectivity index (χ4v) is 3.83. The van der Waals surface area contributed by atoms with Crippen molar-refractivity contribution in [1.82, 2.24) is 4.57 Å². The van der Waals surface area contributed by atoms with E-state index in [0.29, 0.717) is 42.7 Å². The molecular formula is C21H17F3N2O4S. The molecule has 0 N–H and O–H groups in total. The minimum Gasteiger partial charge on any atom is -0.486 e. The van der Waals surface area contributed by atoms with Gasteiger partial charge in [0.2, 0.25) is 5.91 Å². The normalized spacial score (nSPS) is 13.1. The van der Waals surface area contributed by atoms with Crippen LogP contribution in [-0.2, 0) is 24.1 Å². The van der Waals surface area contributed by atoms with Crippen molar-refractivity contribution in [1.29, 1.82) is 0 Å². The van der Waals surface area contributed by atoms with Crippen LogP contribution in [0.15, 0.2) is 58.8 Å². The molecule has 0 saturated heterocycles. The molecule has 10 heteroatoms. The van der Waals surface area contributed by atoms with E-state index in [1.807, 2.05) is 17.5 Å². The molecule has 1 aliphatic heterocycles. The summed E-state index contributed by atoms with van der Waals surface area (Å²) in [5.41, 5.74) is -1.20. The lowest BCUT2D eigenvalue weighted by Crippen LogP contribution is -2.36. The third kappa shape index (κ3) is 4.74. The average molecular weight is 450 g/mol. The second-order valence-corrected chi connectivity index (χ2v) is 7.80. The second kappa shape index (κ2) is 8.46. The molecule has 6 nitrogen and oxygen atoms in total. The van der Waals surface area contributed by atoms with Crippen molar-refractivity contribution in [3.05, 3.63) is 74.8 Å². The van der Waals surface area contributed by atoms with Gasteiger partial charge >= 0.3 is 6.18 Å². The summed E-state index contributed by atoms with van der Waals surface area (Å²) in [6.45, 7) is 0.448. The van der Waals surface area contributed by atoms with Crippen LogP contribution in [0.4, 0.5) is 18.9 Å². The SMILES string of the molecule is O=C(Cn1cc(C(F)(F)F)ccc1=O)N(Cc1cccs1)c1ccc2c(c1)OCCO2. The van der Waals surface area contributed by atoms with E-state index >= 15 is 0 Å². The van der Waals surface area contributed by atoms with Crippen LogP contribution in [0.2, 0.25) is 0 Å².